The molecule has 3 rings (SSSR count). The summed E-state index contributed by atoms with van der Waals surface area (Å²) in [5, 5.41) is 16.2. The van der Waals surface area contributed by atoms with Crippen LogP contribution in [0, 0.1) is 6.07 Å². The second-order valence-electron chi connectivity index (χ2n) is 3.55. The van der Waals surface area contributed by atoms with Crippen molar-refractivity contribution in [2.24, 2.45) is 0 Å². The minimum atomic E-state index is 0.418. The van der Waals surface area contributed by atoms with Gasteiger partial charge in [-0.25, -0.2) is 0 Å². The Morgan fingerprint density at radius 1 is 0.778 bits per heavy atom. The van der Waals surface area contributed by atoms with Crippen molar-refractivity contribution in [2.45, 2.75) is 0 Å². The number of aromatic nitrogens is 5. The van der Waals surface area contributed by atoms with Gasteiger partial charge in [0.1, 0.15) is 5.69 Å². The lowest BCUT2D eigenvalue weighted by Gasteiger charge is -1.99. The molecular formula is C13H8N5. The summed E-state index contributed by atoms with van der Waals surface area (Å²) in [4.78, 5) is 4.14. The molecule has 0 N–H and O–H groups in total. The fourth-order valence-corrected chi connectivity index (χ4v) is 1.48. The van der Waals surface area contributed by atoms with Crippen LogP contribution >= 0.6 is 0 Å². The third kappa shape index (κ3) is 2.06. The first-order valence-corrected chi connectivity index (χ1v) is 5.39. The number of rotatable bonds is 2. The van der Waals surface area contributed by atoms with Crippen LogP contribution in [0.3, 0.4) is 0 Å². The molecule has 0 fully saturated rings. The second kappa shape index (κ2) is 4.67. The van der Waals surface area contributed by atoms with Gasteiger partial charge in [0.25, 0.3) is 0 Å². The smallest absolute Gasteiger partial charge is 0.221 e. The molecule has 0 saturated heterocycles. The van der Waals surface area contributed by atoms with Crippen molar-refractivity contribution in [3.63, 3.8) is 0 Å². The van der Waals surface area contributed by atoms with Gasteiger partial charge in [0, 0.05) is 11.8 Å². The number of hydrogen-bond acceptors (Lipinski definition) is 5. The highest BCUT2D eigenvalue weighted by Gasteiger charge is 2.06. The molecule has 2 aromatic heterocycles. The van der Waals surface area contributed by atoms with Gasteiger partial charge in [0.15, 0.2) is 0 Å². The van der Waals surface area contributed by atoms with Crippen molar-refractivity contribution in [3.05, 3.63) is 54.7 Å². The largest absolute Gasteiger partial charge is 0.253 e. The second-order valence-corrected chi connectivity index (χ2v) is 3.55. The molecule has 85 valence electrons. The molecule has 1 aromatic carbocycles. The van der Waals surface area contributed by atoms with Gasteiger partial charge >= 0.3 is 0 Å². The predicted molar refractivity (Wildman–Crippen MR) is 65.1 cm³/mol. The van der Waals surface area contributed by atoms with Crippen LogP contribution in [0.4, 0.5) is 0 Å². The molecule has 3 aromatic rings. The van der Waals surface area contributed by atoms with E-state index in [0.717, 1.165) is 5.56 Å². The van der Waals surface area contributed by atoms with Crippen molar-refractivity contribution in [1.29, 1.82) is 0 Å². The maximum atomic E-state index is 4.14. The van der Waals surface area contributed by atoms with E-state index in [2.05, 4.69) is 31.4 Å². The molecule has 0 unspecified atom stereocenters. The minimum absolute atomic E-state index is 0.418. The Hall–Kier alpha value is -2.69. The Morgan fingerprint density at radius 3 is 2.17 bits per heavy atom. The zero-order valence-electron chi connectivity index (χ0n) is 9.35. The normalized spacial score (nSPS) is 10.2. The SMILES string of the molecule is [c]1ccc(-c2nnc(-c3ccccn3)nn2)cc1. The summed E-state index contributed by atoms with van der Waals surface area (Å²) in [6.45, 7) is 0. The van der Waals surface area contributed by atoms with E-state index in [9.17, 15) is 0 Å². The van der Waals surface area contributed by atoms with E-state index in [1.54, 1.807) is 18.3 Å². The molecule has 0 atom stereocenters. The summed E-state index contributed by atoms with van der Waals surface area (Å²) in [6.07, 6.45) is 1.68. The molecule has 0 spiro atoms. The topological polar surface area (TPSA) is 64.5 Å². The Balaban J connectivity index is 1.95. The van der Waals surface area contributed by atoms with Crippen molar-refractivity contribution < 1.29 is 0 Å². The van der Waals surface area contributed by atoms with Crippen molar-refractivity contribution in [3.8, 4) is 22.9 Å². The van der Waals surface area contributed by atoms with E-state index >= 15 is 0 Å². The summed E-state index contributed by atoms with van der Waals surface area (Å²) in [7, 11) is 0. The van der Waals surface area contributed by atoms with Crippen molar-refractivity contribution >= 4 is 0 Å². The average molecular weight is 234 g/mol. The summed E-state index contributed by atoms with van der Waals surface area (Å²) in [5.41, 5.74) is 1.52. The van der Waals surface area contributed by atoms with Gasteiger partial charge in [0.05, 0.1) is 0 Å². The number of nitrogens with zero attached hydrogens (tertiary/aromatic N) is 5. The molecule has 5 heteroatoms. The van der Waals surface area contributed by atoms with Crippen LogP contribution in [0.2, 0.25) is 0 Å². The number of pyridine rings is 1. The van der Waals surface area contributed by atoms with E-state index in [1.807, 2.05) is 30.3 Å². The summed E-state index contributed by atoms with van der Waals surface area (Å²) in [5.74, 6) is 0.908. The lowest BCUT2D eigenvalue weighted by Crippen LogP contribution is -1.99. The Morgan fingerprint density at radius 2 is 1.50 bits per heavy atom. The monoisotopic (exact) mass is 234 g/mol. The van der Waals surface area contributed by atoms with Gasteiger partial charge in [-0.1, -0.05) is 30.3 Å². The Bertz CT molecular complexity index is 564. The van der Waals surface area contributed by atoms with Gasteiger partial charge in [-0.2, -0.15) is 0 Å². The first kappa shape index (κ1) is 10.5. The van der Waals surface area contributed by atoms with Crippen LogP contribution in [-0.2, 0) is 0 Å². The van der Waals surface area contributed by atoms with Crippen LogP contribution in [0.1, 0.15) is 0 Å². The van der Waals surface area contributed by atoms with E-state index in [0.29, 0.717) is 17.3 Å². The van der Waals surface area contributed by atoms with E-state index in [-0.39, 0.29) is 0 Å². The highest BCUT2D eigenvalue weighted by Crippen LogP contribution is 2.13. The molecule has 0 saturated carbocycles. The molecule has 0 amide bonds. The third-order valence-corrected chi connectivity index (χ3v) is 2.35. The molecule has 0 aliphatic heterocycles. The molecule has 5 nitrogen and oxygen atoms in total. The van der Waals surface area contributed by atoms with Crippen LogP contribution in [-0.4, -0.2) is 25.4 Å². The standard InChI is InChI=1S/C13H8N5/c1-2-6-10(7-3-1)12-15-17-13(18-16-12)11-8-4-5-9-14-11/h2-9H. The van der Waals surface area contributed by atoms with Crippen molar-refractivity contribution in [2.75, 3.05) is 0 Å². The van der Waals surface area contributed by atoms with Crippen LogP contribution < -0.4 is 0 Å². The first-order valence-electron chi connectivity index (χ1n) is 5.39. The maximum Gasteiger partial charge on any atom is 0.221 e. The van der Waals surface area contributed by atoms with Gasteiger partial charge in [-0.3, -0.25) is 4.98 Å². The van der Waals surface area contributed by atoms with Gasteiger partial charge < -0.3 is 0 Å². The van der Waals surface area contributed by atoms with Crippen molar-refractivity contribution in [1.82, 2.24) is 25.4 Å². The summed E-state index contributed by atoms with van der Waals surface area (Å²) in [6, 6.07) is 15.8. The van der Waals surface area contributed by atoms with Gasteiger partial charge in [-0.05, 0) is 18.2 Å². The third-order valence-electron chi connectivity index (χ3n) is 2.35. The molecular weight excluding hydrogens is 226 g/mol. The Labute approximate surface area is 104 Å². The molecule has 1 radical (unpaired) electrons. The van der Waals surface area contributed by atoms with Crippen LogP contribution in [0.5, 0.6) is 0 Å². The predicted octanol–water partition coefficient (Wildman–Crippen LogP) is 1.80. The minimum Gasteiger partial charge on any atom is -0.253 e. The quantitative estimate of drug-likeness (QED) is 0.676. The van der Waals surface area contributed by atoms with Crippen LogP contribution in [0.25, 0.3) is 22.9 Å². The zero-order chi connectivity index (χ0) is 12.2. The van der Waals surface area contributed by atoms with E-state index in [1.165, 1.54) is 0 Å². The van der Waals surface area contributed by atoms with E-state index < -0.39 is 0 Å². The highest BCUT2D eigenvalue weighted by atomic mass is 15.3. The van der Waals surface area contributed by atoms with E-state index in [4.69, 9.17) is 0 Å². The average Bonchev–Trinajstić information content (AvgIpc) is 2.49. The summed E-state index contributed by atoms with van der Waals surface area (Å²) < 4.78 is 0. The fraction of sp³-hybridized carbons (Fsp3) is 0. The lowest BCUT2D eigenvalue weighted by molar-refractivity contribution is 0.870. The molecule has 0 aliphatic rings. The number of hydrogen-bond donors (Lipinski definition) is 0. The van der Waals surface area contributed by atoms with Gasteiger partial charge in [-0.15, -0.1) is 20.4 Å². The molecule has 18 heavy (non-hydrogen) atoms. The number of benzene rings is 1. The zero-order valence-corrected chi connectivity index (χ0v) is 9.35. The Kier molecular flexibility index (Phi) is 2.71. The van der Waals surface area contributed by atoms with Crippen LogP contribution in [0.15, 0.2) is 48.7 Å². The first-order chi connectivity index (χ1) is 8.93. The molecule has 0 bridgehead atoms. The van der Waals surface area contributed by atoms with Gasteiger partial charge in [0.2, 0.25) is 11.6 Å². The highest BCUT2D eigenvalue weighted by molar-refractivity contribution is 5.54. The lowest BCUT2D eigenvalue weighted by atomic mass is 10.2. The molecule has 0 aliphatic carbocycles. The maximum absolute atomic E-state index is 4.14. The molecule has 2 heterocycles. The fourth-order valence-electron chi connectivity index (χ4n) is 1.48. The summed E-state index contributed by atoms with van der Waals surface area (Å²) >= 11 is 0.